The molecule has 1 aliphatic rings. The molecule has 1 unspecified atom stereocenters. The van der Waals surface area contributed by atoms with Crippen LogP contribution >= 0.6 is 0 Å². The highest BCUT2D eigenvalue weighted by Gasteiger charge is 2.12. The molecule has 0 aliphatic carbocycles. The highest BCUT2D eigenvalue weighted by atomic mass is 16.6. The van der Waals surface area contributed by atoms with Crippen LogP contribution in [0, 0.1) is 5.92 Å². The molecule has 1 aromatic rings. The second-order valence-electron chi connectivity index (χ2n) is 5.39. The summed E-state index contributed by atoms with van der Waals surface area (Å²) in [6, 6.07) is 6.72. The standard InChI is InChI=1S/C15H23NO2/c1-11(2)10-16-12(3)8-13-4-5-14-15(9-13)18-7-6-17-14/h4-5,9,11-12,16H,6-8,10H2,1-3H3. The summed E-state index contributed by atoms with van der Waals surface area (Å²) >= 11 is 0. The quantitative estimate of drug-likeness (QED) is 0.870. The molecule has 0 fully saturated rings. The summed E-state index contributed by atoms with van der Waals surface area (Å²) in [5.74, 6) is 2.44. The molecule has 0 aromatic heterocycles. The molecule has 0 amide bonds. The second-order valence-corrected chi connectivity index (χ2v) is 5.39. The molecule has 100 valence electrons. The van der Waals surface area contributed by atoms with Gasteiger partial charge in [-0.2, -0.15) is 0 Å². The number of rotatable bonds is 5. The maximum absolute atomic E-state index is 5.60. The lowest BCUT2D eigenvalue weighted by molar-refractivity contribution is 0.171. The van der Waals surface area contributed by atoms with Gasteiger partial charge in [0.15, 0.2) is 11.5 Å². The van der Waals surface area contributed by atoms with E-state index in [2.05, 4.69) is 38.2 Å². The average molecular weight is 249 g/mol. The molecule has 0 bridgehead atoms. The summed E-state index contributed by atoms with van der Waals surface area (Å²) in [5, 5.41) is 3.54. The lowest BCUT2D eigenvalue weighted by atomic mass is 10.1. The van der Waals surface area contributed by atoms with E-state index in [1.807, 2.05) is 6.07 Å². The topological polar surface area (TPSA) is 30.5 Å². The first kappa shape index (κ1) is 13.2. The lowest BCUT2D eigenvalue weighted by Crippen LogP contribution is -2.31. The minimum Gasteiger partial charge on any atom is -0.486 e. The highest BCUT2D eigenvalue weighted by Crippen LogP contribution is 2.31. The predicted octanol–water partition coefficient (Wildman–Crippen LogP) is 2.63. The van der Waals surface area contributed by atoms with Gasteiger partial charge < -0.3 is 14.8 Å². The molecule has 18 heavy (non-hydrogen) atoms. The molecule has 1 aromatic carbocycles. The van der Waals surface area contributed by atoms with E-state index in [4.69, 9.17) is 9.47 Å². The van der Waals surface area contributed by atoms with Crippen molar-refractivity contribution in [3.05, 3.63) is 23.8 Å². The van der Waals surface area contributed by atoms with E-state index < -0.39 is 0 Å². The van der Waals surface area contributed by atoms with Crippen molar-refractivity contribution in [2.75, 3.05) is 19.8 Å². The van der Waals surface area contributed by atoms with Crippen LogP contribution in [-0.2, 0) is 6.42 Å². The van der Waals surface area contributed by atoms with Gasteiger partial charge in [0, 0.05) is 6.04 Å². The number of hydrogen-bond donors (Lipinski definition) is 1. The molecular formula is C15H23NO2. The monoisotopic (exact) mass is 249 g/mol. The Bertz CT molecular complexity index is 390. The molecule has 2 rings (SSSR count). The van der Waals surface area contributed by atoms with Gasteiger partial charge >= 0.3 is 0 Å². The smallest absolute Gasteiger partial charge is 0.161 e. The fourth-order valence-corrected chi connectivity index (χ4v) is 2.08. The predicted molar refractivity (Wildman–Crippen MR) is 73.4 cm³/mol. The Morgan fingerprint density at radius 3 is 2.56 bits per heavy atom. The summed E-state index contributed by atoms with van der Waals surface area (Å²) in [5.41, 5.74) is 1.29. The molecule has 1 atom stereocenters. The average Bonchev–Trinajstić information content (AvgIpc) is 2.36. The third kappa shape index (κ3) is 3.64. The van der Waals surface area contributed by atoms with Crippen LogP contribution in [0.4, 0.5) is 0 Å². The largest absolute Gasteiger partial charge is 0.486 e. The maximum atomic E-state index is 5.60. The van der Waals surface area contributed by atoms with Crippen LogP contribution in [0.15, 0.2) is 18.2 Å². The van der Waals surface area contributed by atoms with Crippen LogP contribution in [0.1, 0.15) is 26.3 Å². The first-order valence-corrected chi connectivity index (χ1v) is 6.77. The fraction of sp³-hybridized carbons (Fsp3) is 0.600. The third-order valence-electron chi connectivity index (χ3n) is 3.02. The van der Waals surface area contributed by atoms with Crippen LogP contribution in [0.25, 0.3) is 0 Å². The van der Waals surface area contributed by atoms with Gasteiger partial charge in [0.25, 0.3) is 0 Å². The second kappa shape index (κ2) is 6.10. The fourth-order valence-electron chi connectivity index (χ4n) is 2.08. The van der Waals surface area contributed by atoms with E-state index in [1.165, 1.54) is 5.56 Å². The zero-order chi connectivity index (χ0) is 13.0. The van der Waals surface area contributed by atoms with E-state index >= 15 is 0 Å². The molecule has 1 heterocycles. The summed E-state index contributed by atoms with van der Waals surface area (Å²) in [7, 11) is 0. The van der Waals surface area contributed by atoms with Gasteiger partial charge in [-0.05, 0) is 43.5 Å². The van der Waals surface area contributed by atoms with Crippen molar-refractivity contribution in [3.63, 3.8) is 0 Å². The van der Waals surface area contributed by atoms with Gasteiger partial charge in [-0.15, -0.1) is 0 Å². The van der Waals surface area contributed by atoms with Crippen molar-refractivity contribution in [1.82, 2.24) is 5.32 Å². The number of nitrogens with one attached hydrogen (secondary N) is 1. The first-order chi connectivity index (χ1) is 8.65. The Balaban J connectivity index is 1.93. The maximum Gasteiger partial charge on any atom is 0.161 e. The molecule has 0 spiro atoms. The van der Waals surface area contributed by atoms with E-state index in [9.17, 15) is 0 Å². The molecule has 3 heteroatoms. The van der Waals surface area contributed by atoms with Crippen LogP contribution < -0.4 is 14.8 Å². The molecule has 1 aliphatic heterocycles. The van der Waals surface area contributed by atoms with Gasteiger partial charge in [-0.25, -0.2) is 0 Å². The molecular weight excluding hydrogens is 226 g/mol. The van der Waals surface area contributed by atoms with E-state index in [-0.39, 0.29) is 0 Å². The normalized spacial score (nSPS) is 15.8. The molecule has 0 saturated heterocycles. The van der Waals surface area contributed by atoms with Crippen molar-refractivity contribution in [2.45, 2.75) is 33.2 Å². The minimum absolute atomic E-state index is 0.481. The van der Waals surface area contributed by atoms with Crippen molar-refractivity contribution in [2.24, 2.45) is 5.92 Å². The zero-order valence-corrected chi connectivity index (χ0v) is 11.5. The zero-order valence-electron chi connectivity index (χ0n) is 11.5. The van der Waals surface area contributed by atoms with Crippen molar-refractivity contribution < 1.29 is 9.47 Å². The Morgan fingerprint density at radius 1 is 1.11 bits per heavy atom. The SMILES string of the molecule is CC(C)CNC(C)Cc1ccc2c(c1)OCCO2. The third-order valence-corrected chi connectivity index (χ3v) is 3.02. The van der Waals surface area contributed by atoms with Crippen molar-refractivity contribution >= 4 is 0 Å². The van der Waals surface area contributed by atoms with Gasteiger partial charge in [-0.1, -0.05) is 19.9 Å². The first-order valence-electron chi connectivity index (χ1n) is 6.77. The number of hydrogen-bond acceptors (Lipinski definition) is 3. The van der Waals surface area contributed by atoms with Gasteiger partial charge in [0.05, 0.1) is 0 Å². The number of fused-ring (bicyclic) bond motifs is 1. The Morgan fingerprint density at radius 2 is 1.83 bits per heavy atom. The summed E-state index contributed by atoms with van der Waals surface area (Å²) in [6.07, 6.45) is 1.02. The molecule has 3 nitrogen and oxygen atoms in total. The van der Waals surface area contributed by atoms with Crippen LogP contribution in [0.5, 0.6) is 11.5 Å². The lowest BCUT2D eigenvalue weighted by Gasteiger charge is -2.20. The summed E-state index contributed by atoms with van der Waals surface area (Å²) < 4.78 is 11.1. The van der Waals surface area contributed by atoms with Gasteiger partial charge in [0.1, 0.15) is 13.2 Å². The highest BCUT2D eigenvalue weighted by molar-refractivity contribution is 5.43. The number of ether oxygens (including phenoxy) is 2. The van der Waals surface area contributed by atoms with Gasteiger partial charge in [0.2, 0.25) is 0 Å². The van der Waals surface area contributed by atoms with Crippen molar-refractivity contribution in [1.29, 1.82) is 0 Å². The summed E-state index contributed by atoms with van der Waals surface area (Å²) in [4.78, 5) is 0. The van der Waals surface area contributed by atoms with Crippen LogP contribution in [-0.4, -0.2) is 25.8 Å². The van der Waals surface area contributed by atoms with Gasteiger partial charge in [-0.3, -0.25) is 0 Å². The Kier molecular flexibility index (Phi) is 4.48. The molecule has 1 N–H and O–H groups in total. The molecule has 0 saturated carbocycles. The number of benzene rings is 1. The van der Waals surface area contributed by atoms with E-state index in [1.54, 1.807) is 0 Å². The molecule has 0 radical (unpaired) electrons. The van der Waals surface area contributed by atoms with E-state index in [0.29, 0.717) is 25.2 Å². The Labute approximate surface area is 109 Å². The van der Waals surface area contributed by atoms with Crippen molar-refractivity contribution in [3.8, 4) is 11.5 Å². The minimum atomic E-state index is 0.481. The Hall–Kier alpha value is -1.22. The van der Waals surface area contributed by atoms with E-state index in [0.717, 1.165) is 24.5 Å². The summed E-state index contributed by atoms with van der Waals surface area (Å²) in [6.45, 7) is 9.04. The van der Waals surface area contributed by atoms with Crippen LogP contribution in [0.3, 0.4) is 0 Å². The van der Waals surface area contributed by atoms with Crippen LogP contribution in [0.2, 0.25) is 0 Å².